The molecule has 3 aromatic rings. The Kier molecular flexibility index (Phi) is 4.90. The molecule has 1 atom stereocenters. The molecule has 2 aliphatic rings. The summed E-state index contributed by atoms with van der Waals surface area (Å²) in [5, 5.41) is 5.42. The van der Waals surface area contributed by atoms with E-state index < -0.39 is 0 Å². The minimum Gasteiger partial charge on any atom is -0.361 e. The highest BCUT2D eigenvalue weighted by Gasteiger charge is 2.39. The Morgan fingerprint density at radius 1 is 1.24 bits per heavy atom. The van der Waals surface area contributed by atoms with E-state index in [2.05, 4.69) is 46.2 Å². The molecule has 1 aliphatic carbocycles. The average molecular weight is 392 g/mol. The van der Waals surface area contributed by atoms with Crippen LogP contribution in [0.3, 0.4) is 0 Å². The van der Waals surface area contributed by atoms with Gasteiger partial charge in [0.15, 0.2) is 5.69 Å². The first-order valence-corrected chi connectivity index (χ1v) is 11.1. The normalized spacial score (nSPS) is 20.2. The van der Waals surface area contributed by atoms with Gasteiger partial charge >= 0.3 is 0 Å². The molecule has 0 saturated heterocycles. The first-order valence-electron chi connectivity index (χ1n) is 11.1. The van der Waals surface area contributed by atoms with Crippen LogP contribution in [0.15, 0.2) is 34.9 Å². The molecule has 0 spiro atoms. The molecule has 0 radical (unpaired) electrons. The van der Waals surface area contributed by atoms with Crippen LogP contribution in [0.2, 0.25) is 0 Å². The second kappa shape index (κ2) is 7.69. The van der Waals surface area contributed by atoms with Crippen molar-refractivity contribution in [2.75, 3.05) is 6.54 Å². The van der Waals surface area contributed by atoms with Crippen LogP contribution in [-0.4, -0.2) is 27.5 Å². The summed E-state index contributed by atoms with van der Waals surface area (Å²) in [6.07, 6.45) is 8.86. The number of fused-ring (bicyclic) bond motifs is 3. The average Bonchev–Trinajstić information content (AvgIpc) is 3.38. The van der Waals surface area contributed by atoms with E-state index in [0.717, 1.165) is 31.6 Å². The SMILES string of the molecule is CCCc1cc(C(=O)N2CCc3c([nH]c4ccccc34)[C@H]2C2CCCCC2)no1. The Balaban J connectivity index is 1.54. The fraction of sp³-hybridized carbons (Fsp3) is 0.500. The molecule has 1 saturated carbocycles. The summed E-state index contributed by atoms with van der Waals surface area (Å²) in [6.45, 7) is 2.84. The number of aromatic amines is 1. The topological polar surface area (TPSA) is 62.1 Å². The molecule has 1 aliphatic heterocycles. The van der Waals surface area contributed by atoms with E-state index in [1.54, 1.807) is 0 Å². The molecule has 5 heteroatoms. The summed E-state index contributed by atoms with van der Waals surface area (Å²) in [4.78, 5) is 19.2. The number of carbonyl (C=O) groups is 1. The van der Waals surface area contributed by atoms with Gasteiger partial charge in [0.2, 0.25) is 0 Å². The maximum Gasteiger partial charge on any atom is 0.276 e. The van der Waals surface area contributed by atoms with Gasteiger partial charge in [-0.2, -0.15) is 0 Å². The van der Waals surface area contributed by atoms with Crippen LogP contribution in [0, 0.1) is 5.92 Å². The molecule has 1 aromatic carbocycles. The summed E-state index contributed by atoms with van der Waals surface area (Å²) in [5.41, 5.74) is 4.27. The zero-order valence-corrected chi connectivity index (χ0v) is 17.1. The second-order valence-corrected chi connectivity index (χ2v) is 8.58. The lowest BCUT2D eigenvalue weighted by molar-refractivity contribution is 0.0523. The molecule has 5 rings (SSSR count). The van der Waals surface area contributed by atoms with Gasteiger partial charge < -0.3 is 14.4 Å². The van der Waals surface area contributed by atoms with E-state index in [4.69, 9.17) is 4.52 Å². The van der Waals surface area contributed by atoms with Crippen LogP contribution in [0.4, 0.5) is 0 Å². The molecule has 0 unspecified atom stereocenters. The Labute approximate surface area is 171 Å². The fourth-order valence-corrected chi connectivity index (χ4v) is 5.36. The maximum absolute atomic E-state index is 13.5. The summed E-state index contributed by atoms with van der Waals surface area (Å²) >= 11 is 0. The number of aryl methyl sites for hydroxylation is 1. The van der Waals surface area contributed by atoms with Crippen molar-refractivity contribution in [1.29, 1.82) is 0 Å². The Morgan fingerprint density at radius 2 is 2.07 bits per heavy atom. The van der Waals surface area contributed by atoms with Gasteiger partial charge in [-0.1, -0.05) is 49.5 Å². The number of hydrogen-bond donors (Lipinski definition) is 1. The fourth-order valence-electron chi connectivity index (χ4n) is 5.36. The van der Waals surface area contributed by atoms with Gasteiger partial charge in [0.1, 0.15) is 5.76 Å². The molecule has 3 heterocycles. The molecule has 29 heavy (non-hydrogen) atoms. The summed E-state index contributed by atoms with van der Waals surface area (Å²) in [7, 11) is 0. The molecule has 152 valence electrons. The van der Waals surface area contributed by atoms with Crippen LogP contribution in [-0.2, 0) is 12.8 Å². The first kappa shape index (κ1) is 18.5. The molecule has 1 N–H and O–H groups in total. The quantitative estimate of drug-likeness (QED) is 0.645. The number of aromatic nitrogens is 2. The number of carbonyl (C=O) groups excluding carboxylic acids is 1. The Bertz CT molecular complexity index is 1010. The summed E-state index contributed by atoms with van der Waals surface area (Å²) < 4.78 is 5.41. The van der Waals surface area contributed by atoms with Gasteiger partial charge in [0, 0.05) is 35.6 Å². The molecule has 2 aromatic heterocycles. The lowest BCUT2D eigenvalue weighted by Gasteiger charge is -2.41. The van der Waals surface area contributed by atoms with Gasteiger partial charge in [0.25, 0.3) is 5.91 Å². The van der Waals surface area contributed by atoms with E-state index in [1.807, 2.05) is 6.07 Å². The van der Waals surface area contributed by atoms with Gasteiger partial charge in [-0.3, -0.25) is 4.79 Å². The zero-order valence-electron chi connectivity index (χ0n) is 17.1. The second-order valence-electron chi connectivity index (χ2n) is 8.58. The molecule has 1 fully saturated rings. The number of benzene rings is 1. The van der Waals surface area contributed by atoms with E-state index in [1.165, 1.54) is 54.3 Å². The number of amides is 1. The minimum absolute atomic E-state index is 0.0102. The molecular weight excluding hydrogens is 362 g/mol. The van der Waals surface area contributed by atoms with E-state index in [0.29, 0.717) is 11.6 Å². The number of H-pyrrole nitrogens is 1. The predicted molar refractivity (Wildman–Crippen MR) is 113 cm³/mol. The highest BCUT2D eigenvalue weighted by atomic mass is 16.5. The molecule has 1 amide bonds. The highest BCUT2D eigenvalue weighted by molar-refractivity contribution is 5.93. The maximum atomic E-state index is 13.5. The van der Waals surface area contributed by atoms with Crippen LogP contribution >= 0.6 is 0 Å². The minimum atomic E-state index is 0.0102. The van der Waals surface area contributed by atoms with E-state index in [-0.39, 0.29) is 11.9 Å². The third-order valence-corrected chi connectivity index (χ3v) is 6.71. The van der Waals surface area contributed by atoms with Crippen molar-refractivity contribution in [3.05, 3.63) is 53.0 Å². The smallest absolute Gasteiger partial charge is 0.276 e. The summed E-state index contributed by atoms with van der Waals surface area (Å²) in [5.74, 6) is 1.31. The van der Waals surface area contributed by atoms with Crippen molar-refractivity contribution in [1.82, 2.24) is 15.0 Å². The zero-order chi connectivity index (χ0) is 19.8. The van der Waals surface area contributed by atoms with E-state index in [9.17, 15) is 4.79 Å². The first-order chi connectivity index (χ1) is 14.3. The third-order valence-electron chi connectivity index (χ3n) is 6.71. The van der Waals surface area contributed by atoms with E-state index >= 15 is 0 Å². The Hall–Kier alpha value is -2.56. The summed E-state index contributed by atoms with van der Waals surface area (Å²) in [6, 6.07) is 10.5. The Morgan fingerprint density at radius 3 is 2.90 bits per heavy atom. The molecular formula is C24H29N3O2. The monoisotopic (exact) mass is 391 g/mol. The van der Waals surface area contributed by atoms with Gasteiger partial charge in [0.05, 0.1) is 6.04 Å². The van der Waals surface area contributed by atoms with Crippen molar-refractivity contribution >= 4 is 16.8 Å². The number of nitrogens with zero attached hydrogens (tertiary/aromatic N) is 2. The third kappa shape index (κ3) is 3.26. The van der Waals surface area contributed by atoms with Crippen LogP contribution < -0.4 is 0 Å². The van der Waals surface area contributed by atoms with Crippen molar-refractivity contribution in [2.24, 2.45) is 5.92 Å². The van der Waals surface area contributed by atoms with Crippen molar-refractivity contribution in [3.63, 3.8) is 0 Å². The standard InChI is InChI=1S/C24H29N3O2/c1-2-8-17-15-21(26-29-17)24(28)27-14-13-19-18-11-6-7-12-20(18)25-22(19)23(27)16-9-4-3-5-10-16/h6-7,11-12,15-16,23,25H,2-5,8-10,13-14H2,1H3/t23-/m1/s1. The molecule has 5 nitrogen and oxygen atoms in total. The van der Waals surface area contributed by atoms with Gasteiger partial charge in [-0.15, -0.1) is 0 Å². The molecule has 0 bridgehead atoms. The number of nitrogens with one attached hydrogen (secondary N) is 1. The van der Waals surface area contributed by atoms with Crippen molar-refractivity contribution in [3.8, 4) is 0 Å². The number of para-hydroxylation sites is 1. The van der Waals surface area contributed by atoms with Crippen molar-refractivity contribution < 1.29 is 9.32 Å². The lowest BCUT2D eigenvalue weighted by atomic mass is 9.79. The van der Waals surface area contributed by atoms with Crippen LogP contribution in [0.25, 0.3) is 10.9 Å². The number of rotatable bonds is 4. The predicted octanol–water partition coefficient (Wildman–Crippen LogP) is 5.43. The highest BCUT2D eigenvalue weighted by Crippen LogP contribution is 2.44. The van der Waals surface area contributed by atoms with Crippen molar-refractivity contribution in [2.45, 2.75) is 64.3 Å². The largest absolute Gasteiger partial charge is 0.361 e. The van der Waals surface area contributed by atoms with Gasteiger partial charge in [-0.05, 0) is 43.2 Å². The lowest BCUT2D eigenvalue weighted by Crippen LogP contribution is -2.43. The van der Waals surface area contributed by atoms with Crippen LogP contribution in [0.5, 0.6) is 0 Å². The number of hydrogen-bond acceptors (Lipinski definition) is 3. The van der Waals surface area contributed by atoms with Gasteiger partial charge in [-0.25, -0.2) is 0 Å². The van der Waals surface area contributed by atoms with Crippen LogP contribution in [0.1, 0.15) is 79.0 Å².